The van der Waals surface area contributed by atoms with Crippen LogP contribution in [0.3, 0.4) is 0 Å². The van der Waals surface area contributed by atoms with Gasteiger partial charge in [-0.1, -0.05) is 18.2 Å². The number of para-hydroxylation sites is 1. The lowest BCUT2D eigenvalue weighted by Crippen LogP contribution is -2.34. The number of nitrogens with zero attached hydrogens (tertiary/aromatic N) is 1. The van der Waals surface area contributed by atoms with Gasteiger partial charge in [0.25, 0.3) is 0 Å². The van der Waals surface area contributed by atoms with Gasteiger partial charge in [-0.05, 0) is 61.4 Å². The van der Waals surface area contributed by atoms with Crippen LogP contribution in [-0.2, 0) is 21.4 Å². The highest BCUT2D eigenvalue weighted by molar-refractivity contribution is 7.89. The zero-order valence-corrected chi connectivity index (χ0v) is 18.6. The highest BCUT2D eigenvalue weighted by atomic mass is 32.2. The monoisotopic (exact) mass is 442 g/mol. The van der Waals surface area contributed by atoms with Crippen molar-refractivity contribution < 1.29 is 22.4 Å². The molecule has 0 aliphatic heterocycles. The van der Waals surface area contributed by atoms with Crippen molar-refractivity contribution in [2.45, 2.75) is 32.2 Å². The molecule has 0 spiro atoms. The molecule has 0 saturated heterocycles. The number of hydrogen-bond donors (Lipinski definition) is 1. The molecule has 1 N–H and O–H groups in total. The third-order valence-electron chi connectivity index (χ3n) is 4.72. The minimum atomic E-state index is -3.82. The quantitative estimate of drug-likeness (QED) is 0.538. The summed E-state index contributed by atoms with van der Waals surface area (Å²) in [6.45, 7) is 5.72. The number of benzene rings is 2. The molecule has 7 nitrogen and oxygen atoms in total. The van der Waals surface area contributed by atoms with Gasteiger partial charge < -0.3 is 14.5 Å². The van der Waals surface area contributed by atoms with E-state index >= 15 is 0 Å². The molecule has 0 radical (unpaired) electrons. The van der Waals surface area contributed by atoms with Gasteiger partial charge in [-0.25, -0.2) is 8.42 Å². The van der Waals surface area contributed by atoms with Gasteiger partial charge in [-0.15, -0.1) is 0 Å². The van der Waals surface area contributed by atoms with Crippen LogP contribution in [0.25, 0.3) is 0 Å². The van der Waals surface area contributed by atoms with Crippen molar-refractivity contribution in [3.05, 3.63) is 77.7 Å². The fourth-order valence-electron chi connectivity index (χ4n) is 3.20. The lowest BCUT2D eigenvalue weighted by atomic mass is 10.1. The SMILES string of the molecule is CC(=O)Nc1ccc(S(=O)(=O)N(CCOc2c(C)cccc2C)Cc2ccco2)cc1. The largest absolute Gasteiger partial charge is 0.492 e. The number of sulfonamides is 1. The van der Waals surface area contributed by atoms with E-state index in [1.807, 2.05) is 32.0 Å². The van der Waals surface area contributed by atoms with Gasteiger partial charge in [0.15, 0.2) is 0 Å². The van der Waals surface area contributed by atoms with E-state index in [9.17, 15) is 13.2 Å². The Kier molecular flexibility index (Phi) is 7.14. The molecule has 3 aromatic rings. The van der Waals surface area contributed by atoms with E-state index in [2.05, 4.69) is 5.32 Å². The number of carbonyl (C=O) groups excluding carboxylic acids is 1. The third-order valence-corrected chi connectivity index (χ3v) is 6.58. The Labute approximate surface area is 182 Å². The predicted octanol–water partition coefficient (Wildman–Crippen LogP) is 4.12. The topological polar surface area (TPSA) is 88.9 Å². The smallest absolute Gasteiger partial charge is 0.243 e. The van der Waals surface area contributed by atoms with Crippen molar-refractivity contribution in [1.82, 2.24) is 4.31 Å². The molecule has 0 bridgehead atoms. The average molecular weight is 443 g/mol. The number of carbonyl (C=O) groups is 1. The maximum atomic E-state index is 13.3. The Bertz CT molecular complexity index is 1100. The summed E-state index contributed by atoms with van der Waals surface area (Å²) in [7, 11) is -3.82. The summed E-state index contributed by atoms with van der Waals surface area (Å²) in [6.07, 6.45) is 1.51. The number of aryl methyl sites for hydroxylation is 2. The van der Waals surface area contributed by atoms with Crippen LogP contribution in [0.2, 0.25) is 0 Å². The Balaban J connectivity index is 1.79. The van der Waals surface area contributed by atoms with Gasteiger partial charge in [-0.2, -0.15) is 4.31 Å². The molecule has 0 saturated carbocycles. The van der Waals surface area contributed by atoms with Gasteiger partial charge >= 0.3 is 0 Å². The van der Waals surface area contributed by atoms with Gasteiger partial charge in [0.2, 0.25) is 15.9 Å². The summed E-state index contributed by atoms with van der Waals surface area (Å²) < 4.78 is 39.2. The van der Waals surface area contributed by atoms with Crippen molar-refractivity contribution in [1.29, 1.82) is 0 Å². The number of hydrogen-bond acceptors (Lipinski definition) is 5. The fourth-order valence-corrected chi connectivity index (χ4v) is 4.59. The molecular weight excluding hydrogens is 416 g/mol. The number of furan rings is 1. The zero-order chi connectivity index (χ0) is 22.4. The molecule has 0 unspecified atom stereocenters. The second kappa shape index (κ2) is 9.80. The minimum absolute atomic E-state index is 0.0822. The van der Waals surface area contributed by atoms with Crippen molar-refractivity contribution in [2.24, 2.45) is 0 Å². The first kappa shape index (κ1) is 22.6. The van der Waals surface area contributed by atoms with Gasteiger partial charge in [-0.3, -0.25) is 4.79 Å². The number of rotatable bonds is 9. The van der Waals surface area contributed by atoms with Gasteiger partial charge in [0, 0.05) is 19.2 Å². The van der Waals surface area contributed by atoms with E-state index < -0.39 is 10.0 Å². The van der Waals surface area contributed by atoms with Crippen LogP contribution in [0.5, 0.6) is 5.75 Å². The molecule has 1 heterocycles. The van der Waals surface area contributed by atoms with Crippen LogP contribution in [0.15, 0.2) is 70.2 Å². The normalized spacial score (nSPS) is 11.5. The van der Waals surface area contributed by atoms with Crippen LogP contribution in [0.4, 0.5) is 5.69 Å². The maximum Gasteiger partial charge on any atom is 0.243 e. The number of amides is 1. The molecule has 3 rings (SSSR count). The summed E-state index contributed by atoms with van der Waals surface area (Å²) in [5.41, 5.74) is 2.52. The van der Waals surface area contributed by atoms with Crippen LogP contribution < -0.4 is 10.1 Å². The summed E-state index contributed by atoms with van der Waals surface area (Å²) in [4.78, 5) is 11.3. The van der Waals surface area contributed by atoms with Crippen LogP contribution >= 0.6 is 0 Å². The second-order valence-corrected chi connectivity index (χ2v) is 9.13. The molecule has 1 aromatic heterocycles. The van der Waals surface area contributed by atoms with Crippen molar-refractivity contribution >= 4 is 21.6 Å². The summed E-state index contributed by atoms with van der Waals surface area (Å²) in [6, 6.07) is 15.4. The molecule has 0 aliphatic rings. The zero-order valence-electron chi connectivity index (χ0n) is 17.8. The standard InChI is InChI=1S/C23H26N2O5S/c1-17-6-4-7-18(2)23(17)30-15-13-25(16-21-8-5-14-29-21)31(27,28)22-11-9-20(10-12-22)24-19(3)26/h4-12,14H,13,15-16H2,1-3H3,(H,24,26). The first-order valence-corrected chi connectivity index (χ1v) is 11.3. The summed E-state index contributed by atoms with van der Waals surface area (Å²) in [5, 5.41) is 2.63. The van der Waals surface area contributed by atoms with Crippen LogP contribution in [0.1, 0.15) is 23.8 Å². The Morgan fingerprint density at radius 3 is 2.29 bits per heavy atom. The minimum Gasteiger partial charge on any atom is -0.492 e. The first-order valence-electron chi connectivity index (χ1n) is 9.86. The number of ether oxygens (including phenoxy) is 1. The molecule has 164 valence electrons. The van der Waals surface area contributed by atoms with Crippen molar-refractivity contribution in [3.8, 4) is 5.75 Å². The molecule has 31 heavy (non-hydrogen) atoms. The Morgan fingerprint density at radius 2 is 1.71 bits per heavy atom. The van der Waals surface area contributed by atoms with E-state index in [1.54, 1.807) is 24.3 Å². The highest BCUT2D eigenvalue weighted by Gasteiger charge is 2.26. The fraction of sp³-hybridized carbons (Fsp3) is 0.261. The van der Waals surface area contributed by atoms with Crippen LogP contribution in [0, 0.1) is 13.8 Å². The first-order chi connectivity index (χ1) is 14.8. The second-order valence-electron chi connectivity index (χ2n) is 7.19. The van der Waals surface area contributed by atoms with E-state index in [1.165, 1.54) is 29.6 Å². The Hall–Kier alpha value is -3.10. The molecular formula is C23H26N2O5S. The van der Waals surface area contributed by atoms with Gasteiger partial charge in [0.05, 0.1) is 17.7 Å². The number of anilines is 1. The van der Waals surface area contributed by atoms with Gasteiger partial charge in [0.1, 0.15) is 18.1 Å². The molecule has 0 fully saturated rings. The third kappa shape index (κ3) is 5.74. The van der Waals surface area contributed by atoms with E-state index in [0.29, 0.717) is 11.4 Å². The lowest BCUT2D eigenvalue weighted by molar-refractivity contribution is -0.114. The van der Waals surface area contributed by atoms with Crippen molar-refractivity contribution in [3.63, 3.8) is 0 Å². The Morgan fingerprint density at radius 1 is 1.03 bits per heavy atom. The maximum absolute atomic E-state index is 13.3. The molecule has 2 aromatic carbocycles. The molecule has 0 atom stereocenters. The molecule has 8 heteroatoms. The lowest BCUT2D eigenvalue weighted by Gasteiger charge is -2.22. The van der Waals surface area contributed by atoms with E-state index in [-0.39, 0.29) is 30.5 Å². The predicted molar refractivity (Wildman–Crippen MR) is 118 cm³/mol. The molecule has 1 amide bonds. The van der Waals surface area contributed by atoms with Crippen molar-refractivity contribution in [2.75, 3.05) is 18.5 Å². The number of nitrogens with one attached hydrogen (secondary N) is 1. The summed E-state index contributed by atoms with van der Waals surface area (Å²) >= 11 is 0. The average Bonchev–Trinajstić information content (AvgIpc) is 3.22. The molecule has 0 aliphatic carbocycles. The van der Waals surface area contributed by atoms with Crippen LogP contribution in [-0.4, -0.2) is 31.8 Å². The summed E-state index contributed by atoms with van der Waals surface area (Å²) in [5.74, 6) is 1.07. The van der Waals surface area contributed by atoms with E-state index in [0.717, 1.165) is 16.9 Å². The van der Waals surface area contributed by atoms with E-state index in [4.69, 9.17) is 9.15 Å². The highest BCUT2D eigenvalue weighted by Crippen LogP contribution is 2.24.